The number of hydrogen-bond donors (Lipinski definition) is 4. The Morgan fingerprint density at radius 2 is 1.85 bits per heavy atom. The van der Waals surface area contributed by atoms with E-state index in [9.17, 15) is 14.4 Å². The summed E-state index contributed by atoms with van der Waals surface area (Å²) in [5.74, 6) is 2.43. The van der Waals surface area contributed by atoms with Crippen LogP contribution in [0.1, 0.15) is 42.8 Å². The van der Waals surface area contributed by atoms with Crippen LogP contribution >= 0.6 is 11.8 Å². The summed E-state index contributed by atoms with van der Waals surface area (Å²) in [6.07, 6.45) is 3.59. The number of carbonyl (C=O) groups excluding carboxylic acids is 2. The highest BCUT2D eigenvalue weighted by Gasteiger charge is 2.30. The Morgan fingerprint density at radius 3 is 2.54 bits per heavy atom. The Kier molecular flexibility index (Phi) is 10.1. The Morgan fingerprint density at radius 1 is 1.07 bits per heavy atom. The van der Waals surface area contributed by atoms with E-state index in [1.165, 1.54) is 6.92 Å². The molecule has 11 nitrogen and oxygen atoms in total. The fraction of sp³-hybridized carbons (Fsp3) is 0.353. The highest BCUT2D eigenvalue weighted by atomic mass is 32.2. The van der Waals surface area contributed by atoms with E-state index in [1.54, 1.807) is 51.3 Å². The number of aromatic amines is 1. The van der Waals surface area contributed by atoms with Crippen molar-refractivity contribution in [3.05, 3.63) is 69.6 Å². The average molecular weight is 646 g/mol. The third-order valence-electron chi connectivity index (χ3n) is 8.04. The predicted molar refractivity (Wildman–Crippen MR) is 183 cm³/mol. The number of imidazole rings is 1. The van der Waals surface area contributed by atoms with Gasteiger partial charge in [0, 0.05) is 18.2 Å². The van der Waals surface area contributed by atoms with Crippen LogP contribution in [0.25, 0.3) is 22.2 Å². The second-order valence-corrected chi connectivity index (χ2v) is 12.1. The summed E-state index contributed by atoms with van der Waals surface area (Å²) in [6, 6.07) is 11.3. The maximum Gasteiger partial charge on any atom is 0.246 e. The van der Waals surface area contributed by atoms with Gasteiger partial charge in [0.25, 0.3) is 0 Å². The van der Waals surface area contributed by atoms with E-state index in [-0.39, 0.29) is 22.9 Å². The molecule has 0 unspecified atom stereocenters. The summed E-state index contributed by atoms with van der Waals surface area (Å²) in [5.41, 5.74) is 5.24. The number of fused-ring (bicyclic) bond motifs is 4. The molecule has 1 heterocycles. The number of thioether (sulfide) groups is 1. The van der Waals surface area contributed by atoms with Crippen molar-refractivity contribution in [2.75, 3.05) is 44.0 Å². The lowest BCUT2D eigenvalue weighted by Gasteiger charge is -2.19. The zero-order valence-electron chi connectivity index (χ0n) is 26.8. The highest BCUT2D eigenvalue weighted by Crippen LogP contribution is 2.50. The van der Waals surface area contributed by atoms with Crippen LogP contribution in [0, 0.1) is 6.92 Å². The van der Waals surface area contributed by atoms with E-state index < -0.39 is 12.1 Å². The van der Waals surface area contributed by atoms with Gasteiger partial charge >= 0.3 is 0 Å². The van der Waals surface area contributed by atoms with Gasteiger partial charge in [-0.3, -0.25) is 14.4 Å². The van der Waals surface area contributed by atoms with Gasteiger partial charge in [-0.25, -0.2) is 4.98 Å². The molecule has 242 valence electrons. The smallest absolute Gasteiger partial charge is 0.246 e. The van der Waals surface area contributed by atoms with Crippen molar-refractivity contribution >= 4 is 46.0 Å². The number of hydrogen-bond acceptors (Lipinski definition) is 9. The first-order valence-electron chi connectivity index (χ1n) is 15.0. The third-order valence-corrected chi connectivity index (χ3v) is 8.68. The molecule has 2 atom stereocenters. The average Bonchev–Trinajstić information content (AvgIpc) is 3.25. The minimum atomic E-state index is -0.695. The molecule has 12 heteroatoms. The normalized spacial score (nSPS) is 14.3. The van der Waals surface area contributed by atoms with E-state index in [2.05, 4.69) is 25.9 Å². The Balaban J connectivity index is 1.57. The summed E-state index contributed by atoms with van der Waals surface area (Å²) in [4.78, 5) is 47.4. The first-order chi connectivity index (χ1) is 22.2. The molecule has 1 aliphatic rings. The number of methoxy groups -OCH3 is 3. The van der Waals surface area contributed by atoms with E-state index >= 15 is 0 Å². The van der Waals surface area contributed by atoms with Crippen LogP contribution in [0.4, 0.5) is 11.4 Å². The van der Waals surface area contributed by atoms with Gasteiger partial charge in [-0.15, -0.1) is 0 Å². The van der Waals surface area contributed by atoms with Crippen molar-refractivity contribution in [1.82, 2.24) is 15.3 Å². The van der Waals surface area contributed by atoms with E-state index in [1.807, 2.05) is 37.4 Å². The molecule has 0 radical (unpaired) electrons. The maximum absolute atomic E-state index is 13.9. The topological polar surface area (TPSA) is 144 Å². The Hall–Kier alpha value is -4.71. The molecule has 0 saturated heterocycles. The van der Waals surface area contributed by atoms with E-state index in [4.69, 9.17) is 14.2 Å². The van der Waals surface area contributed by atoms with Crippen LogP contribution in [-0.2, 0) is 16.0 Å². The first-order valence-corrected chi connectivity index (χ1v) is 16.4. The highest BCUT2D eigenvalue weighted by molar-refractivity contribution is 7.98. The van der Waals surface area contributed by atoms with Crippen LogP contribution in [0.3, 0.4) is 0 Å². The molecule has 0 spiro atoms. The molecule has 4 aromatic rings. The van der Waals surface area contributed by atoms with Crippen molar-refractivity contribution in [2.45, 2.75) is 45.2 Å². The maximum atomic E-state index is 13.9. The zero-order chi connectivity index (χ0) is 33.0. The van der Waals surface area contributed by atoms with Crippen LogP contribution in [0.5, 0.6) is 17.2 Å². The summed E-state index contributed by atoms with van der Waals surface area (Å²) in [7, 11) is 4.67. The van der Waals surface area contributed by atoms with Crippen LogP contribution < -0.4 is 35.6 Å². The van der Waals surface area contributed by atoms with Gasteiger partial charge < -0.3 is 35.1 Å². The van der Waals surface area contributed by atoms with Gasteiger partial charge in [0.2, 0.25) is 23.0 Å². The number of aromatic nitrogens is 2. The molecule has 1 aromatic heterocycles. The van der Waals surface area contributed by atoms with Gasteiger partial charge in [-0.2, -0.15) is 11.8 Å². The molecule has 0 bridgehead atoms. The number of H-pyrrole nitrogens is 1. The number of nitrogens with one attached hydrogen (secondary N) is 4. The Bertz CT molecular complexity index is 1840. The van der Waals surface area contributed by atoms with Crippen molar-refractivity contribution in [1.29, 1.82) is 0 Å². The van der Waals surface area contributed by atoms with Gasteiger partial charge in [0.1, 0.15) is 11.9 Å². The lowest BCUT2D eigenvalue weighted by Crippen LogP contribution is -2.36. The molecule has 3 aromatic carbocycles. The number of amides is 2. The number of rotatable bonds is 11. The molecule has 4 N–H and O–H groups in total. The molecule has 0 saturated carbocycles. The third kappa shape index (κ3) is 6.76. The van der Waals surface area contributed by atoms with E-state index in [0.717, 1.165) is 28.0 Å². The number of ether oxygens (including phenoxy) is 3. The predicted octanol–water partition coefficient (Wildman–Crippen LogP) is 5.22. The molecular weight excluding hydrogens is 606 g/mol. The Labute approximate surface area is 271 Å². The standard InChI is InChI=1S/C34H39N5O6S/c1-18-35-25-11-8-21(16-28(25)36-18)38-34(42)27(13-14-46-6)39-26-12-9-22-23(17-29(26)41)24(37-19(2)40)10-7-20-15-30(43-3)32(44-4)33(45-5)31(20)22/h8-9,11-12,15-17,24,27H,7,10,13-14H2,1-6H3,(H,35,36)(H,37,40)(H,38,42)(H,39,41)/t24-,27-/m1/s1. The molecule has 1 aliphatic carbocycles. The number of aryl methyl sites for hydroxylation is 2. The van der Waals surface area contributed by atoms with Crippen molar-refractivity contribution in [2.24, 2.45) is 0 Å². The molecule has 0 fully saturated rings. The summed E-state index contributed by atoms with van der Waals surface area (Å²) in [6.45, 7) is 3.33. The van der Waals surface area contributed by atoms with Gasteiger partial charge in [0.15, 0.2) is 11.5 Å². The van der Waals surface area contributed by atoms with Crippen LogP contribution in [0.2, 0.25) is 0 Å². The van der Waals surface area contributed by atoms with Crippen LogP contribution in [0.15, 0.2) is 47.3 Å². The molecule has 46 heavy (non-hydrogen) atoms. The number of benzene rings is 2. The fourth-order valence-corrected chi connectivity index (χ4v) is 6.43. The minimum absolute atomic E-state index is 0.210. The number of anilines is 2. The zero-order valence-corrected chi connectivity index (χ0v) is 27.6. The minimum Gasteiger partial charge on any atom is -0.493 e. The van der Waals surface area contributed by atoms with Gasteiger partial charge in [-0.1, -0.05) is 6.07 Å². The summed E-state index contributed by atoms with van der Waals surface area (Å²) >= 11 is 1.61. The first kappa shape index (κ1) is 32.7. The number of nitrogens with zero attached hydrogens (tertiary/aromatic N) is 1. The molecule has 0 aliphatic heterocycles. The summed E-state index contributed by atoms with van der Waals surface area (Å²) in [5, 5.41) is 9.24. The van der Waals surface area contributed by atoms with Crippen LogP contribution in [-0.4, -0.2) is 61.2 Å². The number of carbonyl (C=O) groups is 2. The van der Waals surface area contributed by atoms with Gasteiger partial charge in [0.05, 0.1) is 44.1 Å². The van der Waals surface area contributed by atoms with Crippen molar-refractivity contribution in [3.63, 3.8) is 0 Å². The second kappa shape index (κ2) is 14.2. The molecule has 5 rings (SSSR count). The molecule has 2 amide bonds. The SMILES string of the molecule is COc1cc2c(c(OC)c1OC)-c1ccc(N[C@H](CCSC)C(=O)Nc3ccc4nc(C)[nH]c4c3)c(=O)cc1[C@H](NC(C)=O)CC2. The second-order valence-electron chi connectivity index (χ2n) is 11.1. The van der Waals surface area contributed by atoms with Crippen molar-refractivity contribution < 1.29 is 23.8 Å². The lowest BCUT2D eigenvalue weighted by molar-refractivity contribution is -0.120. The fourth-order valence-electron chi connectivity index (χ4n) is 5.96. The summed E-state index contributed by atoms with van der Waals surface area (Å²) < 4.78 is 17.2. The van der Waals surface area contributed by atoms with E-state index in [0.29, 0.717) is 59.1 Å². The lowest BCUT2D eigenvalue weighted by atomic mass is 9.95. The van der Waals surface area contributed by atoms with Gasteiger partial charge in [-0.05, 0) is 91.3 Å². The van der Waals surface area contributed by atoms with Crippen molar-refractivity contribution in [3.8, 4) is 28.4 Å². The largest absolute Gasteiger partial charge is 0.493 e. The monoisotopic (exact) mass is 645 g/mol. The molecular formula is C34H39N5O6S. The quantitative estimate of drug-likeness (QED) is 0.173.